The molecule has 0 fully saturated rings. The van der Waals surface area contributed by atoms with E-state index in [2.05, 4.69) is 20.5 Å². The van der Waals surface area contributed by atoms with E-state index in [1.807, 2.05) is 0 Å². The molecule has 0 aliphatic rings. The van der Waals surface area contributed by atoms with E-state index in [0.717, 1.165) is 0 Å². The Bertz CT molecular complexity index is 902. The molecule has 0 atom stereocenters. The lowest BCUT2D eigenvalue weighted by atomic mass is 10.3. The molecule has 0 spiro atoms. The van der Waals surface area contributed by atoms with Crippen LogP contribution in [0.4, 0.5) is 20.9 Å². The summed E-state index contributed by atoms with van der Waals surface area (Å²) in [7, 11) is 0. The monoisotopic (exact) mass is 363 g/mol. The Morgan fingerprint density at radius 2 is 2.17 bits per heavy atom. The van der Waals surface area contributed by atoms with Crippen LogP contribution in [0, 0.1) is 22.9 Å². The van der Waals surface area contributed by atoms with Gasteiger partial charge in [-0.05, 0) is 42.4 Å². The molecule has 3 aromatic rings. The smallest absolute Gasteiger partial charge is 0.287 e. The first-order valence-corrected chi connectivity index (χ1v) is 8.29. The van der Waals surface area contributed by atoms with Gasteiger partial charge in [-0.1, -0.05) is 17.4 Å². The number of nitro groups is 1. The predicted octanol–water partition coefficient (Wildman–Crippen LogP) is 4.18. The highest BCUT2D eigenvalue weighted by Gasteiger charge is 2.13. The minimum atomic E-state index is -0.486. The topological polar surface area (TPSA) is 93.8 Å². The van der Waals surface area contributed by atoms with Crippen LogP contribution in [-0.2, 0) is 0 Å². The first-order valence-electron chi connectivity index (χ1n) is 6.66. The molecule has 3 rings (SSSR count). The summed E-state index contributed by atoms with van der Waals surface area (Å²) in [6, 6.07) is 7.49. The Kier molecular flexibility index (Phi) is 4.67. The summed E-state index contributed by atoms with van der Waals surface area (Å²) in [5, 5.41) is 22.9. The van der Waals surface area contributed by atoms with Gasteiger partial charge in [0.1, 0.15) is 17.0 Å². The molecule has 122 valence electrons. The minimum Gasteiger partial charge on any atom is -0.330 e. The number of hydrogen-bond donors (Lipinski definition) is 1. The van der Waals surface area contributed by atoms with Crippen LogP contribution < -0.4 is 5.32 Å². The van der Waals surface area contributed by atoms with E-state index in [4.69, 9.17) is 0 Å². The fourth-order valence-electron chi connectivity index (χ4n) is 1.83. The van der Waals surface area contributed by atoms with Crippen LogP contribution >= 0.6 is 23.1 Å². The van der Waals surface area contributed by atoms with Crippen LogP contribution in [0.15, 0.2) is 45.9 Å². The van der Waals surface area contributed by atoms with Gasteiger partial charge >= 0.3 is 0 Å². The molecule has 0 amide bonds. The van der Waals surface area contributed by atoms with Crippen molar-refractivity contribution in [2.45, 2.75) is 16.3 Å². The summed E-state index contributed by atoms with van der Waals surface area (Å²) in [6.45, 7) is 1.75. The second-order valence-electron chi connectivity index (χ2n) is 4.68. The third kappa shape index (κ3) is 3.84. The standard InChI is InChI=1S/C14H10FN5O2S2/c1-8-5-11(20(21)22)7-16-12(8)23-14-19-18-13(24-14)17-10-4-2-3-9(15)6-10/h2-7H,1H3,(H,17,18). The van der Waals surface area contributed by atoms with Gasteiger partial charge in [-0.3, -0.25) is 10.1 Å². The fourth-order valence-corrected chi connectivity index (χ4v) is 3.54. The molecule has 24 heavy (non-hydrogen) atoms. The zero-order valence-corrected chi connectivity index (χ0v) is 13.9. The summed E-state index contributed by atoms with van der Waals surface area (Å²) in [5.74, 6) is -0.343. The number of aromatic nitrogens is 3. The van der Waals surface area contributed by atoms with Crippen molar-refractivity contribution in [1.29, 1.82) is 0 Å². The summed E-state index contributed by atoms with van der Waals surface area (Å²) in [4.78, 5) is 14.3. The first kappa shape index (κ1) is 16.3. The first-order chi connectivity index (χ1) is 11.5. The van der Waals surface area contributed by atoms with Crippen molar-refractivity contribution in [3.05, 3.63) is 58.0 Å². The average molecular weight is 363 g/mol. The van der Waals surface area contributed by atoms with Crippen LogP contribution in [0.25, 0.3) is 0 Å². The highest BCUT2D eigenvalue weighted by molar-refractivity contribution is 8.01. The highest BCUT2D eigenvalue weighted by Crippen LogP contribution is 2.34. The number of aryl methyl sites for hydroxylation is 1. The Morgan fingerprint density at radius 1 is 1.33 bits per heavy atom. The van der Waals surface area contributed by atoms with Crippen molar-refractivity contribution in [1.82, 2.24) is 15.2 Å². The zero-order chi connectivity index (χ0) is 17.1. The van der Waals surface area contributed by atoms with Crippen molar-refractivity contribution < 1.29 is 9.31 Å². The summed E-state index contributed by atoms with van der Waals surface area (Å²) >= 11 is 2.55. The molecule has 0 saturated heterocycles. The maximum atomic E-state index is 13.2. The number of benzene rings is 1. The Morgan fingerprint density at radius 3 is 2.88 bits per heavy atom. The molecule has 0 radical (unpaired) electrons. The molecule has 10 heteroatoms. The molecule has 2 heterocycles. The molecule has 0 aliphatic heterocycles. The molecule has 7 nitrogen and oxygen atoms in total. The van der Waals surface area contributed by atoms with E-state index >= 15 is 0 Å². The summed E-state index contributed by atoms with van der Waals surface area (Å²) in [6.07, 6.45) is 1.21. The minimum absolute atomic E-state index is 0.0532. The van der Waals surface area contributed by atoms with Gasteiger partial charge in [-0.15, -0.1) is 10.2 Å². The third-order valence-electron chi connectivity index (χ3n) is 2.89. The average Bonchev–Trinajstić information content (AvgIpc) is 2.96. The van der Waals surface area contributed by atoms with E-state index in [1.165, 1.54) is 47.5 Å². The van der Waals surface area contributed by atoms with Gasteiger partial charge in [0, 0.05) is 11.8 Å². The number of rotatable bonds is 5. The molecule has 0 saturated carbocycles. The van der Waals surface area contributed by atoms with Gasteiger partial charge in [0.25, 0.3) is 5.69 Å². The van der Waals surface area contributed by atoms with Crippen molar-refractivity contribution in [2.24, 2.45) is 0 Å². The van der Waals surface area contributed by atoms with Gasteiger partial charge in [-0.25, -0.2) is 9.37 Å². The Labute approximate surface area is 144 Å². The van der Waals surface area contributed by atoms with Crippen molar-refractivity contribution >= 4 is 39.6 Å². The number of pyridine rings is 1. The molecule has 1 aromatic carbocycles. The van der Waals surface area contributed by atoms with Gasteiger partial charge in [0.05, 0.1) is 4.92 Å². The lowest BCUT2D eigenvalue weighted by molar-refractivity contribution is -0.385. The van der Waals surface area contributed by atoms with Gasteiger partial charge in [0.2, 0.25) is 5.13 Å². The third-order valence-corrected chi connectivity index (χ3v) is 4.90. The van der Waals surface area contributed by atoms with E-state index < -0.39 is 4.92 Å². The summed E-state index contributed by atoms with van der Waals surface area (Å²) in [5.41, 5.74) is 1.21. The molecule has 0 bridgehead atoms. The van der Waals surface area contributed by atoms with E-state index in [1.54, 1.807) is 19.1 Å². The van der Waals surface area contributed by atoms with Crippen LogP contribution in [0.3, 0.4) is 0 Å². The largest absolute Gasteiger partial charge is 0.330 e. The summed E-state index contributed by atoms with van der Waals surface area (Å²) < 4.78 is 13.8. The maximum absolute atomic E-state index is 13.2. The normalized spacial score (nSPS) is 10.6. The number of halogens is 1. The van der Waals surface area contributed by atoms with E-state index in [9.17, 15) is 14.5 Å². The molecule has 0 aliphatic carbocycles. The molecular weight excluding hydrogens is 353 g/mol. The highest BCUT2D eigenvalue weighted by atomic mass is 32.2. The molecule has 1 N–H and O–H groups in total. The zero-order valence-electron chi connectivity index (χ0n) is 12.3. The molecule has 0 unspecified atom stereocenters. The van der Waals surface area contributed by atoms with Crippen molar-refractivity contribution in [3.63, 3.8) is 0 Å². The number of anilines is 2. The fraction of sp³-hybridized carbons (Fsp3) is 0.0714. The number of nitrogens with zero attached hydrogens (tertiary/aromatic N) is 4. The number of nitrogens with one attached hydrogen (secondary N) is 1. The molecule has 2 aromatic heterocycles. The van der Waals surface area contributed by atoms with Gasteiger partial charge in [0.15, 0.2) is 4.34 Å². The van der Waals surface area contributed by atoms with Crippen molar-refractivity contribution in [2.75, 3.05) is 5.32 Å². The van der Waals surface area contributed by atoms with Crippen LogP contribution in [-0.4, -0.2) is 20.1 Å². The Hall–Kier alpha value is -2.59. The van der Waals surface area contributed by atoms with E-state index in [-0.39, 0.29) is 11.5 Å². The van der Waals surface area contributed by atoms with E-state index in [0.29, 0.717) is 25.7 Å². The lowest BCUT2D eigenvalue weighted by Crippen LogP contribution is -1.92. The molecular formula is C14H10FN5O2S2. The van der Waals surface area contributed by atoms with Crippen LogP contribution in [0.2, 0.25) is 0 Å². The lowest BCUT2D eigenvalue weighted by Gasteiger charge is -2.01. The maximum Gasteiger partial charge on any atom is 0.287 e. The second kappa shape index (κ2) is 6.89. The van der Waals surface area contributed by atoms with Crippen LogP contribution in [0.5, 0.6) is 0 Å². The SMILES string of the molecule is Cc1cc([N+](=O)[O-])cnc1Sc1nnc(Nc2cccc(F)c2)s1. The van der Waals surface area contributed by atoms with Gasteiger partial charge in [-0.2, -0.15) is 0 Å². The van der Waals surface area contributed by atoms with Crippen LogP contribution in [0.1, 0.15) is 5.56 Å². The quantitative estimate of drug-likeness (QED) is 0.537. The Balaban J connectivity index is 1.73. The number of hydrogen-bond acceptors (Lipinski definition) is 8. The predicted molar refractivity (Wildman–Crippen MR) is 89.3 cm³/mol. The second-order valence-corrected chi connectivity index (χ2v) is 6.90. The van der Waals surface area contributed by atoms with Crippen molar-refractivity contribution in [3.8, 4) is 0 Å². The van der Waals surface area contributed by atoms with Gasteiger partial charge < -0.3 is 5.32 Å².